The summed E-state index contributed by atoms with van der Waals surface area (Å²) in [6, 6.07) is 0.996. The first kappa shape index (κ1) is 13.5. The molecule has 0 spiro atoms. The highest BCUT2D eigenvalue weighted by atomic mass is 28.3. The molecule has 0 aromatic heterocycles. The molecule has 0 N–H and O–H groups in total. The molecule has 0 aliphatic heterocycles. The number of hydrogen-bond acceptors (Lipinski definition) is 4. The van der Waals surface area contributed by atoms with E-state index in [9.17, 15) is 4.79 Å². The first-order valence-corrected chi connectivity index (χ1v) is 6.87. The van der Waals surface area contributed by atoms with Crippen molar-refractivity contribution in [1.29, 1.82) is 0 Å². The Kier molecular flexibility index (Phi) is 10.2. The fraction of sp³-hybridized carbons (Fsp3) is 0.889. The van der Waals surface area contributed by atoms with E-state index in [-0.39, 0.29) is 0 Å². The second kappa shape index (κ2) is 10.6. The molecule has 0 aromatic carbocycles. The zero-order valence-corrected chi connectivity index (χ0v) is 10.1. The standard InChI is InChI=1S/C9H19NO3Si/c1-3-12-14(13-4-2)8-6-5-7-10-9-11/h14H,3-8H2,1-2H3. The maximum atomic E-state index is 9.77. The second-order valence-electron chi connectivity index (χ2n) is 2.81. The SMILES string of the molecule is CCO[SiH](CCCCN=C=O)OCC. The van der Waals surface area contributed by atoms with Crippen LogP contribution in [-0.4, -0.2) is 35.1 Å². The van der Waals surface area contributed by atoms with Gasteiger partial charge >= 0.3 is 9.28 Å². The average molecular weight is 217 g/mol. The fourth-order valence-electron chi connectivity index (χ4n) is 1.13. The minimum Gasteiger partial charge on any atom is -0.397 e. The topological polar surface area (TPSA) is 47.9 Å². The Hall–Kier alpha value is -0.483. The summed E-state index contributed by atoms with van der Waals surface area (Å²) in [5.41, 5.74) is 0. The molecule has 0 amide bonds. The van der Waals surface area contributed by atoms with E-state index in [1.807, 2.05) is 13.8 Å². The summed E-state index contributed by atoms with van der Waals surface area (Å²) in [5, 5.41) is 0. The van der Waals surface area contributed by atoms with Crippen LogP contribution < -0.4 is 0 Å². The molecule has 0 rings (SSSR count). The molecule has 0 radical (unpaired) electrons. The number of aliphatic imine (C=N–C) groups is 1. The first-order chi connectivity index (χ1) is 6.85. The van der Waals surface area contributed by atoms with Gasteiger partial charge in [0.15, 0.2) is 0 Å². The van der Waals surface area contributed by atoms with Crippen LogP contribution in [0.25, 0.3) is 0 Å². The van der Waals surface area contributed by atoms with Crippen LogP contribution in [0.5, 0.6) is 0 Å². The van der Waals surface area contributed by atoms with Gasteiger partial charge < -0.3 is 8.85 Å². The summed E-state index contributed by atoms with van der Waals surface area (Å²) in [7, 11) is -1.43. The van der Waals surface area contributed by atoms with Gasteiger partial charge in [0, 0.05) is 13.2 Å². The van der Waals surface area contributed by atoms with E-state index in [0.29, 0.717) is 6.54 Å². The van der Waals surface area contributed by atoms with Crippen molar-refractivity contribution in [2.45, 2.75) is 32.7 Å². The molecule has 5 heteroatoms. The van der Waals surface area contributed by atoms with Gasteiger partial charge in [-0.2, -0.15) is 0 Å². The van der Waals surface area contributed by atoms with Crippen molar-refractivity contribution >= 4 is 15.4 Å². The van der Waals surface area contributed by atoms with Crippen molar-refractivity contribution in [3.63, 3.8) is 0 Å². The normalized spacial score (nSPS) is 10.2. The molecular weight excluding hydrogens is 198 g/mol. The van der Waals surface area contributed by atoms with Crippen LogP contribution in [0.1, 0.15) is 26.7 Å². The van der Waals surface area contributed by atoms with Gasteiger partial charge in [0.1, 0.15) is 0 Å². The Balaban J connectivity index is 3.44. The average Bonchev–Trinajstić information content (AvgIpc) is 2.18. The second-order valence-corrected chi connectivity index (χ2v) is 4.91. The number of unbranched alkanes of at least 4 members (excludes halogenated alkanes) is 1. The van der Waals surface area contributed by atoms with Crippen molar-refractivity contribution in [3.8, 4) is 0 Å². The lowest BCUT2D eigenvalue weighted by Gasteiger charge is -2.13. The Morgan fingerprint density at radius 1 is 1.21 bits per heavy atom. The van der Waals surface area contributed by atoms with Crippen LogP contribution in [-0.2, 0) is 13.6 Å². The van der Waals surface area contributed by atoms with Gasteiger partial charge in [0.25, 0.3) is 0 Å². The minimum atomic E-state index is -1.43. The number of isocyanates is 1. The first-order valence-electron chi connectivity index (χ1n) is 5.12. The third-order valence-electron chi connectivity index (χ3n) is 1.73. The smallest absolute Gasteiger partial charge is 0.321 e. The number of carbonyl (C=O) groups excluding carboxylic acids is 1. The van der Waals surface area contributed by atoms with Gasteiger partial charge in [0.05, 0.1) is 6.54 Å². The van der Waals surface area contributed by atoms with E-state index in [2.05, 4.69) is 4.99 Å². The van der Waals surface area contributed by atoms with Gasteiger partial charge in [-0.15, -0.1) is 0 Å². The highest BCUT2D eigenvalue weighted by Crippen LogP contribution is 2.04. The molecule has 0 saturated carbocycles. The number of rotatable bonds is 9. The third-order valence-corrected chi connectivity index (χ3v) is 4.02. The maximum absolute atomic E-state index is 9.77. The highest BCUT2D eigenvalue weighted by molar-refractivity contribution is 6.44. The Morgan fingerprint density at radius 3 is 2.36 bits per heavy atom. The van der Waals surface area contributed by atoms with Gasteiger partial charge in [-0.25, -0.2) is 9.79 Å². The summed E-state index contributed by atoms with van der Waals surface area (Å²) in [5.74, 6) is 0. The summed E-state index contributed by atoms with van der Waals surface area (Å²) in [4.78, 5) is 13.3. The van der Waals surface area contributed by atoms with E-state index in [0.717, 1.165) is 32.1 Å². The summed E-state index contributed by atoms with van der Waals surface area (Å²) in [6.45, 7) is 5.99. The summed E-state index contributed by atoms with van der Waals surface area (Å²) < 4.78 is 11.0. The highest BCUT2D eigenvalue weighted by Gasteiger charge is 2.10. The molecule has 0 saturated heterocycles. The van der Waals surface area contributed by atoms with Crippen LogP contribution in [0.3, 0.4) is 0 Å². The summed E-state index contributed by atoms with van der Waals surface area (Å²) in [6.07, 6.45) is 3.46. The lowest BCUT2D eigenvalue weighted by Crippen LogP contribution is -2.22. The van der Waals surface area contributed by atoms with Crippen molar-refractivity contribution in [2.24, 2.45) is 4.99 Å². The molecule has 0 aromatic rings. The van der Waals surface area contributed by atoms with Gasteiger partial charge in [-0.3, -0.25) is 0 Å². The van der Waals surface area contributed by atoms with Crippen LogP contribution in [0.15, 0.2) is 4.99 Å². The largest absolute Gasteiger partial charge is 0.397 e. The number of hydrogen-bond donors (Lipinski definition) is 0. The molecule has 0 atom stereocenters. The van der Waals surface area contributed by atoms with Crippen molar-refractivity contribution in [1.82, 2.24) is 0 Å². The van der Waals surface area contributed by atoms with Crippen molar-refractivity contribution in [3.05, 3.63) is 0 Å². The van der Waals surface area contributed by atoms with E-state index in [4.69, 9.17) is 8.85 Å². The molecule has 0 aliphatic carbocycles. The van der Waals surface area contributed by atoms with Crippen molar-refractivity contribution < 1.29 is 13.6 Å². The maximum Gasteiger partial charge on any atom is 0.321 e. The Bertz CT molecular complexity index is 165. The Labute approximate surface area is 87.2 Å². The lowest BCUT2D eigenvalue weighted by molar-refractivity contribution is 0.212. The van der Waals surface area contributed by atoms with Crippen molar-refractivity contribution in [2.75, 3.05) is 19.8 Å². The fourth-order valence-corrected chi connectivity index (χ4v) is 2.93. The molecular formula is C9H19NO3Si. The Morgan fingerprint density at radius 2 is 1.86 bits per heavy atom. The molecule has 4 nitrogen and oxygen atoms in total. The van der Waals surface area contributed by atoms with E-state index >= 15 is 0 Å². The molecule has 0 unspecified atom stereocenters. The lowest BCUT2D eigenvalue weighted by atomic mass is 10.3. The quantitative estimate of drug-likeness (QED) is 0.254. The third kappa shape index (κ3) is 8.13. The van der Waals surface area contributed by atoms with Gasteiger partial charge in [-0.1, -0.05) is 0 Å². The van der Waals surface area contributed by atoms with E-state index in [1.165, 1.54) is 6.08 Å². The van der Waals surface area contributed by atoms with Gasteiger partial charge in [-0.05, 0) is 32.7 Å². The molecule has 0 heterocycles. The van der Waals surface area contributed by atoms with Crippen LogP contribution in [0, 0.1) is 0 Å². The number of nitrogens with zero attached hydrogens (tertiary/aromatic N) is 1. The molecule has 0 aliphatic rings. The zero-order valence-electron chi connectivity index (χ0n) is 8.99. The zero-order chi connectivity index (χ0) is 10.6. The minimum absolute atomic E-state index is 0.572. The predicted octanol–water partition coefficient (Wildman–Crippen LogP) is 1.40. The van der Waals surface area contributed by atoms with E-state index in [1.54, 1.807) is 0 Å². The van der Waals surface area contributed by atoms with Crippen LogP contribution in [0.4, 0.5) is 0 Å². The van der Waals surface area contributed by atoms with Crippen LogP contribution >= 0.6 is 0 Å². The molecule has 82 valence electrons. The summed E-state index contributed by atoms with van der Waals surface area (Å²) >= 11 is 0. The van der Waals surface area contributed by atoms with Gasteiger partial charge in [0.2, 0.25) is 6.08 Å². The monoisotopic (exact) mass is 217 g/mol. The molecule has 14 heavy (non-hydrogen) atoms. The predicted molar refractivity (Wildman–Crippen MR) is 57.4 cm³/mol. The van der Waals surface area contributed by atoms with E-state index < -0.39 is 9.28 Å². The molecule has 0 bridgehead atoms. The van der Waals surface area contributed by atoms with Crippen LogP contribution in [0.2, 0.25) is 6.04 Å². The molecule has 0 fully saturated rings.